The summed E-state index contributed by atoms with van der Waals surface area (Å²) in [4.78, 5) is 0. The van der Waals surface area contributed by atoms with Crippen LogP contribution in [0.25, 0.3) is 0 Å². The first-order valence-electron chi connectivity index (χ1n) is 2.41. The van der Waals surface area contributed by atoms with Gasteiger partial charge in [0.2, 0.25) is 0 Å². The van der Waals surface area contributed by atoms with Crippen LogP contribution in [0.4, 0.5) is 0 Å². The van der Waals surface area contributed by atoms with Crippen molar-refractivity contribution in [2.45, 2.75) is 0 Å². The summed E-state index contributed by atoms with van der Waals surface area (Å²) in [6.45, 7) is -0.747. The summed E-state index contributed by atoms with van der Waals surface area (Å²) >= 11 is 0. The Kier molecular flexibility index (Phi) is 7.27. The summed E-state index contributed by atoms with van der Waals surface area (Å²) < 4.78 is 53.0. The van der Waals surface area contributed by atoms with Crippen molar-refractivity contribution in [2.75, 3.05) is 13.2 Å². The van der Waals surface area contributed by atoms with Gasteiger partial charge in [0.1, 0.15) is 0 Å². The van der Waals surface area contributed by atoms with Gasteiger partial charge in [0, 0.05) is 37.7 Å². The van der Waals surface area contributed by atoms with E-state index in [1.54, 1.807) is 0 Å². The molecular formula is C2H4Li2O7S2. The molecule has 0 aromatic carbocycles. The van der Waals surface area contributed by atoms with E-state index < -0.39 is 20.8 Å². The minimum Gasteiger partial charge on any atom is -0.245 e. The second-order valence-electron chi connectivity index (χ2n) is 1.53. The van der Waals surface area contributed by atoms with Gasteiger partial charge < -0.3 is 0 Å². The first-order chi connectivity index (χ1) is 4.91. The quantitative estimate of drug-likeness (QED) is 0.425. The zero-order valence-corrected chi connectivity index (χ0v) is 8.72. The van der Waals surface area contributed by atoms with Gasteiger partial charge in [0.05, 0.1) is 13.2 Å². The summed E-state index contributed by atoms with van der Waals surface area (Å²) in [7, 11) is -8.88. The largest absolute Gasteiger partial charge is 0.416 e. The third kappa shape index (κ3) is 6.12. The molecule has 0 atom stereocenters. The van der Waals surface area contributed by atoms with Gasteiger partial charge in [-0.1, -0.05) is 0 Å². The molecule has 0 aromatic heterocycles. The first-order valence-corrected chi connectivity index (χ1v) is 5.08. The van der Waals surface area contributed by atoms with E-state index in [0.29, 0.717) is 0 Å². The SMILES string of the molecule is O=S1(=O)OCCOS(=O)(=O)O1.[Li].[Li]. The van der Waals surface area contributed by atoms with Crippen LogP contribution in [-0.4, -0.2) is 67.8 Å². The molecule has 0 N–H and O–H groups in total. The molecule has 68 valence electrons. The van der Waals surface area contributed by atoms with E-state index in [1.807, 2.05) is 0 Å². The van der Waals surface area contributed by atoms with Gasteiger partial charge in [-0.25, -0.2) is 8.37 Å². The number of hydrogen-bond acceptors (Lipinski definition) is 7. The molecule has 0 aliphatic carbocycles. The van der Waals surface area contributed by atoms with Gasteiger partial charge in [0.25, 0.3) is 0 Å². The molecule has 13 heavy (non-hydrogen) atoms. The van der Waals surface area contributed by atoms with Crippen LogP contribution in [0.5, 0.6) is 0 Å². The van der Waals surface area contributed by atoms with Gasteiger partial charge in [-0.3, -0.25) is 0 Å². The van der Waals surface area contributed by atoms with Crippen molar-refractivity contribution in [3.63, 3.8) is 0 Å². The van der Waals surface area contributed by atoms with E-state index in [9.17, 15) is 16.8 Å². The van der Waals surface area contributed by atoms with Crippen molar-refractivity contribution in [1.82, 2.24) is 0 Å². The van der Waals surface area contributed by atoms with Gasteiger partial charge in [-0.2, -0.15) is 16.8 Å². The summed E-state index contributed by atoms with van der Waals surface area (Å²) in [5.41, 5.74) is 0. The molecule has 0 saturated carbocycles. The zero-order valence-electron chi connectivity index (χ0n) is 7.09. The van der Waals surface area contributed by atoms with Crippen molar-refractivity contribution < 1.29 is 28.8 Å². The van der Waals surface area contributed by atoms with Crippen molar-refractivity contribution >= 4 is 58.5 Å². The molecule has 11 heteroatoms. The predicted octanol–water partition coefficient (Wildman–Crippen LogP) is -2.22. The number of hydrogen-bond donors (Lipinski definition) is 0. The fourth-order valence-corrected chi connectivity index (χ4v) is 2.09. The van der Waals surface area contributed by atoms with Gasteiger partial charge >= 0.3 is 20.8 Å². The molecule has 0 amide bonds. The third-order valence-corrected chi connectivity index (χ3v) is 2.95. The maximum Gasteiger partial charge on any atom is 0.416 e. The monoisotopic (exact) mass is 218 g/mol. The van der Waals surface area contributed by atoms with E-state index in [1.165, 1.54) is 0 Å². The Morgan fingerprint density at radius 3 is 1.38 bits per heavy atom. The summed E-state index contributed by atoms with van der Waals surface area (Å²) in [6.07, 6.45) is 0. The Bertz CT molecular complexity index is 296. The molecule has 1 aliphatic heterocycles. The molecule has 0 spiro atoms. The molecule has 1 fully saturated rings. The topological polar surface area (TPSA) is 96.0 Å². The average molecular weight is 218 g/mol. The standard InChI is InChI=1S/C2H4O7S2.2Li/c3-10(4)7-1-2-8-11(5,6)9-10;;/h1-2H2;;. The second kappa shape index (κ2) is 5.76. The maximum absolute atomic E-state index is 10.4. The molecule has 0 bridgehead atoms. The van der Waals surface area contributed by atoms with Crippen LogP contribution < -0.4 is 0 Å². The van der Waals surface area contributed by atoms with E-state index in [4.69, 9.17) is 0 Å². The van der Waals surface area contributed by atoms with Crippen molar-refractivity contribution in [1.29, 1.82) is 0 Å². The van der Waals surface area contributed by atoms with Crippen LogP contribution in [0.15, 0.2) is 0 Å². The summed E-state index contributed by atoms with van der Waals surface area (Å²) in [6, 6.07) is 0. The predicted molar refractivity (Wildman–Crippen MR) is 42.3 cm³/mol. The number of rotatable bonds is 0. The Balaban J connectivity index is 0. The molecule has 7 nitrogen and oxygen atoms in total. The molecule has 1 aliphatic rings. The molecular weight excluding hydrogens is 214 g/mol. The summed E-state index contributed by atoms with van der Waals surface area (Å²) in [5, 5.41) is 0. The van der Waals surface area contributed by atoms with Gasteiger partial charge in [-0.15, -0.1) is 3.63 Å². The van der Waals surface area contributed by atoms with Crippen LogP contribution in [0, 0.1) is 0 Å². The average Bonchev–Trinajstić information content (AvgIpc) is 1.86. The Morgan fingerprint density at radius 1 is 0.769 bits per heavy atom. The normalized spacial score (nSPS) is 24.6. The Morgan fingerprint density at radius 2 is 1.08 bits per heavy atom. The van der Waals surface area contributed by atoms with E-state index in [-0.39, 0.29) is 50.9 Å². The van der Waals surface area contributed by atoms with Gasteiger partial charge in [-0.05, 0) is 0 Å². The van der Waals surface area contributed by atoms with Crippen molar-refractivity contribution in [3.8, 4) is 0 Å². The minimum absolute atomic E-state index is 0. The van der Waals surface area contributed by atoms with Crippen LogP contribution in [0.2, 0.25) is 0 Å². The molecule has 1 rings (SSSR count). The van der Waals surface area contributed by atoms with Crippen LogP contribution in [0.3, 0.4) is 0 Å². The maximum atomic E-state index is 10.4. The van der Waals surface area contributed by atoms with E-state index in [2.05, 4.69) is 12.0 Å². The van der Waals surface area contributed by atoms with E-state index >= 15 is 0 Å². The van der Waals surface area contributed by atoms with E-state index in [0.717, 1.165) is 0 Å². The van der Waals surface area contributed by atoms with Crippen LogP contribution in [0.1, 0.15) is 0 Å². The molecule has 2 radical (unpaired) electrons. The minimum atomic E-state index is -4.44. The summed E-state index contributed by atoms with van der Waals surface area (Å²) in [5.74, 6) is 0. The zero-order chi connectivity index (χ0) is 8.54. The smallest absolute Gasteiger partial charge is 0.245 e. The molecule has 1 heterocycles. The van der Waals surface area contributed by atoms with Gasteiger partial charge in [0.15, 0.2) is 0 Å². The van der Waals surface area contributed by atoms with Crippen LogP contribution >= 0.6 is 0 Å². The fourth-order valence-electron chi connectivity index (χ4n) is 0.414. The fraction of sp³-hybridized carbons (Fsp3) is 1.00. The Labute approximate surface area is 100 Å². The van der Waals surface area contributed by atoms with Crippen LogP contribution in [-0.2, 0) is 32.8 Å². The molecule has 0 aromatic rings. The first kappa shape index (κ1) is 16.4. The molecule has 1 saturated heterocycles. The Hall–Kier alpha value is 0.975. The second-order valence-corrected chi connectivity index (χ2v) is 4.18. The molecule has 0 unspecified atom stereocenters. The third-order valence-electron chi connectivity index (χ3n) is 0.705. The van der Waals surface area contributed by atoms with Crippen molar-refractivity contribution in [2.24, 2.45) is 0 Å². The van der Waals surface area contributed by atoms with Crippen molar-refractivity contribution in [3.05, 3.63) is 0 Å².